The third-order valence-corrected chi connectivity index (χ3v) is 0. The van der Waals surface area contributed by atoms with Crippen LogP contribution in [0.4, 0.5) is 0 Å². The maximum Gasteiger partial charge on any atom is -0.0157 e. The van der Waals surface area contributed by atoms with E-state index in [9.17, 15) is 0 Å². The van der Waals surface area contributed by atoms with E-state index in [-0.39, 0.29) is 0 Å². The van der Waals surface area contributed by atoms with Crippen LogP contribution in [-0.2, 0) is 0 Å². The first kappa shape index (κ1) is 4.31. The van der Waals surface area contributed by atoms with Crippen molar-refractivity contribution in [3.63, 3.8) is 0 Å². The summed E-state index contributed by atoms with van der Waals surface area (Å²) in [4.78, 5) is 0. The minimum Gasteiger partial charge on any atom is -0.355 e. The van der Waals surface area contributed by atoms with E-state index in [4.69, 9.17) is 4.55 Å². The Morgan fingerprint density at radius 1 is 1.50 bits per heavy atom. The highest BCUT2D eigenvalue weighted by molar-refractivity contribution is 8.10. The lowest BCUT2D eigenvalue weighted by atomic mass is 11.9. The molecule has 0 heterocycles. The minimum atomic E-state index is -0.620. The van der Waals surface area contributed by atoms with E-state index in [1.807, 2.05) is 0 Å². The zero-order valence-electron chi connectivity index (χ0n) is 2.89. The van der Waals surface area contributed by atoms with Crippen molar-refractivity contribution in [3.8, 4) is 0 Å². The smallest absolute Gasteiger partial charge is 0.0157 e. The second-order valence-electron chi connectivity index (χ2n) is 0.847. The lowest BCUT2D eigenvalue weighted by Crippen LogP contribution is -1.58. The van der Waals surface area contributed by atoms with Crippen LogP contribution >= 0.6 is 11.2 Å². The lowest BCUT2D eigenvalue weighted by Gasteiger charge is -1.88. The fourth-order valence-electron chi connectivity index (χ4n) is 0. The normalized spacial score (nSPS) is 11.2. The van der Waals surface area contributed by atoms with Gasteiger partial charge in [0.15, 0.2) is 0 Å². The Morgan fingerprint density at radius 3 is 1.50 bits per heavy atom. The summed E-state index contributed by atoms with van der Waals surface area (Å²) in [7, 11) is 0. The summed E-state index contributed by atoms with van der Waals surface area (Å²) in [5, 5.41) is 0. The van der Waals surface area contributed by atoms with Crippen molar-refractivity contribution >= 4 is 11.2 Å². The molecular weight excluding hydrogens is 72.1 g/mol. The highest BCUT2D eigenvalue weighted by Gasteiger charge is 1.60. The van der Waals surface area contributed by atoms with Crippen LogP contribution in [0, 0.1) is 0 Å². The molecule has 2 heteroatoms. The average molecular weight is 80.2 g/mol. The summed E-state index contributed by atoms with van der Waals surface area (Å²) in [5.74, 6) is 0. The van der Waals surface area contributed by atoms with Crippen LogP contribution in [0.25, 0.3) is 0 Å². The third kappa shape index (κ3) is 41.3. The summed E-state index contributed by atoms with van der Waals surface area (Å²) in [6, 6.07) is 0. The molecule has 0 bridgehead atoms. The van der Waals surface area contributed by atoms with E-state index in [1.165, 1.54) is 0 Å². The van der Waals surface area contributed by atoms with Crippen molar-refractivity contribution in [2.24, 2.45) is 0 Å². The van der Waals surface area contributed by atoms with Crippen molar-refractivity contribution in [1.82, 2.24) is 0 Å². The van der Waals surface area contributed by atoms with Gasteiger partial charge in [-0.05, 0) is 12.5 Å². The molecule has 28 valence electrons. The Hall–Kier alpha value is 0.310. The summed E-state index contributed by atoms with van der Waals surface area (Å²) in [6.45, 7) is 0. The molecule has 0 aromatic heterocycles. The molecule has 0 unspecified atom stereocenters. The van der Waals surface area contributed by atoms with Gasteiger partial charge in [0, 0.05) is 0 Å². The molecule has 0 aliphatic carbocycles. The summed E-state index contributed by atoms with van der Waals surface area (Å²) in [5.41, 5.74) is 0. The van der Waals surface area contributed by atoms with Gasteiger partial charge in [0.1, 0.15) is 0 Å². The molecule has 1 nitrogen and oxygen atoms in total. The molecule has 0 aliphatic heterocycles. The second kappa shape index (κ2) is 1.61. The van der Waals surface area contributed by atoms with Crippen LogP contribution in [0.2, 0.25) is 0 Å². The van der Waals surface area contributed by atoms with Crippen molar-refractivity contribution in [2.45, 2.75) is 0 Å². The Labute approximate surface area is 29.2 Å². The van der Waals surface area contributed by atoms with E-state index < -0.39 is 11.2 Å². The van der Waals surface area contributed by atoms with Gasteiger partial charge in [-0.2, -0.15) is 11.2 Å². The van der Waals surface area contributed by atoms with Gasteiger partial charge in [-0.3, -0.25) is 0 Å². The fourth-order valence-corrected chi connectivity index (χ4v) is 0. The first-order valence-corrected chi connectivity index (χ1v) is 3.28. The lowest BCUT2D eigenvalue weighted by molar-refractivity contribution is 0.657. The summed E-state index contributed by atoms with van der Waals surface area (Å²) >= 11 is -0.620. The van der Waals surface area contributed by atoms with Crippen molar-refractivity contribution in [3.05, 3.63) is 0 Å². The molecule has 0 amide bonds. The van der Waals surface area contributed by atoms with E-state index in [0.717, 1.165) is 0 Å². The molecule has 0 spiro atoms. The van der Waals surface area contributed by atoms with Gasteiger partial charge in [0.2, 0.25) is 0 Å². The van der Waals surface area contributed by atoms with Crippen molar-refractivity contribution < 1.29 is 4.55 Å². The minimum absolute atomic E-state index is 0.620. The molecule has 1 N–H and O–H groups in total. The van der Waals surface area contributed by atoms with Gasteiger partial charge in [-0.15, -0.1) is 0 Å². The molecule has 0 aliphatic rings. The zero-order valence-corrected chi connectivity index (χ0v) is 3.79. The number of hydrogen-bond acceptors (Lipinski definition) is 1. The zero-order chi connectivity index (χ0) is 3.58. The maximum atomic E-state index is 8.12. The quantitative estimate of drug-likeness (QED) is 0.411. The maximum absolute atomic E-state index is 8.12. The summed E-state index contributed by atoms with van der Waals surface area (Å²) < 4.78 is 8.12. The van der Waals surface area contributed by atoms with Gasteiger partial charge in [-0.1, -0.05) is 0 Å². The molecule has 0 fully saturated rings. The number of hydrogen-bond donors (Lipinski definition) is 2. The predicted octanol–water partition coefficient (Wildman–Crippen LogP) is 0.720. The highest BCUT2D eigenvalue weighted by atomic mass is 32.2. The number of thiol groups is 1. The Balaban J connectivity index is 2.32. The third-order valence-electron chi connectivity index (χ3n) is 0. The van der Waals surface area contributed by atoms with Crippen LogP contribution in [-0.4, -0.2) is 17.1 Å². The molecule has 0 aromatic rings. The van der Waals surface area contributed by atoms with Crippen molar-refractivity contribution in [1.29, 1.82) is 0 Å². The first-order valence-electron chi connectivity index (χ1n) is 1.09. The Bertz CT molecular complexity index is 10.8. The van der Waals surface area contributed by atoms with Gasteiger partial charge >= 0.3 is 0 Å². The van der Waals surface area contributed by atoms with E-state index in [2.05, 4.69) is 0 Å². The second-order valence-corrected chi connectivity index (χ2v) is 2.54. The van der Waals surface area contributed by atoms with Crippen LogP contribution < -0.4 is 0 Å². The SMILES string of the molecule is C[SH](C)O. The molecule has 4 heavy (non-hydrogen) atoms. The van der Waals surface area contributed by atoms with E-state index in [0.29, 0.717) is 0 Å². The largest absolute Gasteiger partial charge is 0.355 e. The van der Waals surface area contributed by atoms with Crippen molar-refractivity contribution in [2.75, 3.05) is 12.5 Å². The standard InChI is InChI=1S/C2H8OS/c1-4(2)3/h3-4H,1-2H3. The molecule has 0 atom stereocenters. The Kier molecular flexibility index (Phi) is 1.74. The monoisotopic (exact) mass is 80.0 g/mol. The summed E-state index contributed by atoms with van der Waals surface area (Å²) in [6.07, 6.45) is 3.57. The fraction of sp³-hybridized carbons (Fsp3) is 1.00. The van der Waals surface area contributed by atoms with E-state index >= 15 is 0 Å². The van der Waals surface area contributed by atoms with Gasteiger partial charge in [0.25, 0.3) is 0 Å². The first-order chi connectivity index (χ1) is 1.73. The van der Waals surface area contributed by atoms with Gasteiger partial charge < -0.3 is 4.55 Å². The molecule has 0 saturated carbocycles. The van der Waals surface area contributed by atoms with Crippen LogP contribution in [0.1, 0.15) is 0 Å². The van der Waals surface area contributed by atoms with Crippen LogP contribution in [0.5, 0.6) is 0 Å². The Morgan fingerprint density at radius 2 is 1.50 bits per heavy atom. The average Bonchev–Trinajstić information content (AvgIpc) is 0.811. The molecule has 0 aromatic carbocycles. The molecular formula is C2H8OS. The van der Waals surface area contributed by atoms with Gasteiger partial charge in [-0.25, -0.2) is 0 Å². The van der Waals surface area contributed by atoms with Crippen LogP contribution in [0.15, 0.2) is 0 Å². The van der Waals surface area contributed by atoms with Gasteiger partial charge in [0.05, 0.1) is 0 Å². The predicted molar refractivity (Wildman–Crippen MR) is 23.5 cm³/mol. The highest BCUT2D eigenvalue weighted by Crippen LogP contribution is 2.00. The van der Waals surface area contributed by atoms with E-state index in [1.54, 1.807) is 12.5 Å². The number of rotatable bonds is 0. The van der Waals surface area contributed by atoms with Crippen LogP contribution in [0.3, 0.4) is 0 Å². The molecule has 0 rings (SSSR count). The molecule has 0 saturated heterocycles. The molecule has 0 radical (unpaired) electrons. The topological polar surface area (TPSA) is 20.2 Å².